The lowest BCUT2D eigenvalue weighted by Gasteiger charge is -2.33. The zero-order valence-corrected chi connectivity index (χ0v) is 10.6. The molecule has 3 rings (SSSR count). The predicted octanol–water partition coefficient (Wildman–Crippen LogP) is 2.51. The van der Waals surface area contributed by atoms with Crippen LogP contribution in [-0.4, -0.2) is 23.5 Å². The van der Waals surface area contributed by atoms with Crippen LogP contribution in [0.25, 0.3) is 0 Å². The summed E-state index contributed by atoms with van der Waals surface area (Å²) >= 11 is 0. The zero-order chi connectivity index (χ0) is 13.2. The highest BCUT2D eigenvalue weighted by molar-refractivity contribution is 6.07. The van der Waals surface area contributed by atoms with Crippen molar-refractivity contribution in [2.24, 2.45) is 0 Å². The van der Waals surface area contributed by atoms with Crippen LogP contribution in [0.4, 0.5) is 5.69 Å². The van der Waals surface area contributed by atoms with Crippen LogP contribution in [0.2, 0.25) is 0 Å². The molecule has 0 N–H and O–H groups in total. The van der Waals surface area contributed by atoms with Gasteiger partial charge in [-0.2, -0.15) is 0 Å². The number of benzene rings is 1. The maximum atomic E-state index is 12.6. The number of carbonyl (C=O) groups is 1. The van der Waals surface area contributed by atoms with Crippen LogP contribution in [-0.2, 0) is 0 Å². The van der Waals surface area contributed by atoms with E-state index in [9.17, 15) is 4.79 Å². The molecule has 19 heavy (non-hydrogen) atoms. The molecule has 1 aliphatic heterocycles. The van der Waals surface area contributed by atoms with Gasteiger partial charge in [0.2, 0.25) is 0 Å². The number of para-hydroxylation sites is 2. The van der Waals surface area contributed by atoms with Crippen molar-refractivity contribution in [1.82, 2.24) is 4.98 Å². The van der Waals surface area contributed by atoms with Crippen molar-refractivity contribution in [2.75, 3.05) is 11.4 Å². The number of fused-ring (bicyclic) bond motifs is 1. The molecule has 0 radical (unpaired) electrons. The van der Waals surface area contributed by atoms with Crippen molar-refractivity contribution in [3.8, 4) is 5.75 Å². The molecule has 4 heteroatoms. The molecular formula is C15H14N2O2. The Labute approximate surface area is 111 Å². The average Bonchev–Trinajstić information content (AvgIpc) is 2.46. The van der Waals surface area contributed by atoms with Crippen LogP contribution in [0, 0.1) is 0 Å². The Morgan fingerprint density at radius 1 is 1.26 bits per heavy atom. The lowest BCUT2D eigenvalue weighted by molar-refractivity contribution is 0.0961. The van der Waals surface area contributed by atoms with E-state index in [1.54, 1.807) is 29.4 Å². The van der Waals surface area contributed by atoms with E-state index in [-0.39, 0.29) is 12.0 Å². The van der Waals surface area contributed by atoms with Gasteiger partial charge in [0.05, 0.1) is 12.2 Å². The molecule has 0 fully saturated rings. The largest absolute Gasteiger partial charge is 0.487 e. The maximum absolute atomic E-state index is 12.6. The Kier molecular flexibility index (Phi) is 2.91. The second-order valence-corrected chi connectivity index (χ2v) is 4.55. The van der Waals surface area contributed by atoms with Crippen molar-refractivity contribution in [2.45, 2.75) is 13.0 Å². The molecule has 1 aromatic heterocycles. The highest BCUT2D eigenvalue weighted by Crippen LogP contribution is 2.33. The van der Waals surface area contributed by atoms with E-state index in [0.29, 0.717) is 12.1 Å². The van der Waals surface area contributed by atoms with Gasteiger partial charge in [-0.3, -0.25) is 9.78 Å². The molecule has 2 heterocycles. The molecule has 2 aromatic rings. The van der Waals surface area contributed by atoms with Crippen LogP contribution < -0.4 is 9.64 Å². The molecular weight excluding hydrogens is 240 g/mol. The first kappa shape index (κ1) is 11.7. The second kappa shape index (κ2) is 4.72. The smallest absolute Gasteiger partial charge is 0.258 e. The number of ether oxygens (including phenoxy) is 1. The molecule has 1 atom stereocenters. The molecule has 96 valence electrons. The predicted molar refractivity (Wildman–Crippen MR) is 72.4 cm³/mol. The van der Waals surface area contributed by atoms with Crippen LogP contribution in [0.3, 0.4) is 0 Å². The van der Waals surface area contributed by atoms with Gasteiger partial charge in [0.25, 0.3) is 5.91 Å². The Bertz CT molecular complexity index is 598. The highest BCUT2D eigenvalue weighted by Gasteiger charge is 2.27. The summed E-state index contributed by atoms with van der Waals surface area (Å²) in [5.41, 5.74) is 1.46. The van der Waals surface area contributed by atoms with Crippen molar-refractivity contribution in [3.63, 3.8) is 0 Å². The summed E-state index contributed by atoms with van der Waals surface area (Å²) in [6, 6.07) is 11.1. The minimum atomic E-state index is -0.0231. The Balaban J connectivity index is 1.99. The van der Waals surface area contributed by atoms with Crippen LogP contribution in [0.1, 0.15) is 17.3 Å². The molecule has 4 nitrogen and oxygen atoms in total. The third-order valence-corrected chi connectivity index (χ3v) is 3.10. The van der Waals surface area contributed by atoms with Gasteiger partial charge in [-0.25, -0.2) is 0 Å². The first-order valence-corrected chi connectivity index (χ1v) is 6.23. The molecule has 1 unspecified atom stereocenters. The van der Waals surface area contributed by atoms with Gasteiger partial charge in [0, 0.05) is 18.0 Å². The molecule has 1 amide bonds. The minimum absolute atomic E-state index is 0.0133. The molecule has 0 aliphatic carbocycles. The summed E-state index contributed by atoms with van der Waals surface area (Å²) in [6.07, 6.45) is 3.24. The van der Waals surface area contributed by atoms with E-state index in [4.69, 9.17) is 4.74 Å². The quantitative estimate of drug-likeness (QED) is 0.785. The Morgan fingerprint density at radius 3 is 2.79 bits per heavy atom. The highest BCUT2D eigenvalue weighted by atomic mass is 16.5. The number of anilines is 1. The molecule has 0 saturated heterocycles. The summed E-state index contributed by atoms with van der Waals surface area (Å²) in [4.78, 5) is 18.3. The normalized spacial score (nSPS) is 17.5. The number of hydrogen-bond acceptors (Lipinski definition) is 3. The summed E-state index contributed by atoms with van der Waals surface area (Å²) in [6.45, 7) is 2.51. The average molecular weight is 254 g/mol. The van der Waals surface area contributed by atoms with Crippen molar-refractivity contribution in [1.29, 1.82) is 0 Å². The summed E-state index contributed by atoms with van der Waals surface area (Å²) < 4.78 is 5.74. The summed E-state index contributed by atoms with van der Waals surface area (Å²) in [5, 5.41) is 0. The van der Waals surface area contributed by atoms with Gasteiger partial charge in [0.1, 0.15) is 11.9 Å². The molecule has 0 bridgehead atoms. The van der Waals surface area contributed by atoms with E-state index in [2.05, 4.69) is 4.98 Å². The molecule has 0 spiro atoms. The lowest BCUT2D eigenvalue weighted by atomic mass is 10.1. The molecule has 1 aliphatic rings. The van der Waals surface area contributed by atoms with Crippen molar-refractivity contribution in [3.05, 3.63) is 54.4 Å². The Morgan fingerprint density at radius 2 is 2.00 bits per heavy atom. The van der Waals surface area contributed by atoms with E-state index < -0.39 is 0 Å². The summed E-state index contributed by atoms with van der Waals surface area (Å²) in [5.74, 6) is 0.730. The number of rotatable bonds is 1. The van der Waals surface area contributed by atoms with E-state index in [1.807, 2.05) is 31.2 Å². The van der Waals surface area contributed by atoms with Crippen LogP contribution in [0.5, 0.6) is 5.75 Å². The minimum Gasteiger partial charge on any atom is -0.487 e. The van der Waals surface area contributed by atoms with Gasteiger partial charge in [-0.15, -0.1) is 0 Å². The number of amides is 1. The lowest BCUT2D eigenvalue weighted by Crippen LogP contribution is -2.42. The standard InChI is InChI=1S/C15H14N2O2/c1-11-10-17(13-4-2-3-5-14(13)19-11)15(18)12-6-8-16-9-7-12/h2-9,11H,10H2,1H3. The van der Waals surface area contributed by atoms with Gasteiger partial charge in [-0.05, 0) is 31.2 Å². The molecule has 1 aromatic carbocycles. The fourth-order valence-electron chi connectivity index (χ4n) is 2.23. The first-order valence-electron chi connectivity index (χ1n) is 6.23. The number of hydrogen-bond donors (Lipinski definition) is 0. The summed E-state index contributed by atoms with van der Waals surface area (Å²) in [7, 11) is 0. The van der Waals surface area contributed by atoms with Crippen molar-refractivity contribution >= 4 is 11.6 Å². The van der Waals surface area contributed by atoms with Gasteiger partial charge in [-0.1, -0.05) is 12.1 Å². The monoisotopic (exact) mass is 254 g/mol. The van der Waals surface area contributed by atoms with Crippen LogP contribution >= 0.6 is 0 Å². The van der Waals surface area contributed by atoms with E-state index in [0.717, 1.165) is 11.4 Å². The third-order valence-electron chi connectivity index (χ3n) is 3.10. The van der Waals surface area contributed by atoms with E-state index >= 15 is 0 Å². The fourth-order valence-corrected chi connectivity index (χ4v) is 2.23. The number of aromatic nitrogens is 1. The van der Waals surface area contributed by atoms with Gasteiger partial charge >= 0.3 is 0 Å². The number of pyridine rings is 1. The maximum Gasteiger partial charge on any atom is 0.258 e. The topological polar surface area (TPSA) is 42.4 Å². The van der Waals surface area contributed by atoms with Gasteiger partial charge < -0.3 is 9.64 Å². The number of nitrogens with zero attached hydrogens (tertiary/aromatic N) is 2. The van der Waals surface area contributed by atoms with Crippen molar-refractivity contribution < 1.29 is 9.53 Å². The molecule has 0 saturated carbocycles. The number of carbonyl (C=O) groups excluding carboxylic acids is 1. The third kappa shape index (κ3) is 2.17. The SMILES string of the molecule is CC1CN(C(=O)c2ccncc2)c2ccccc2O1. The first-order chi connectivity index (χ1) is 9.25. The van der Waals surface area contributed by atoms with Crippen LogP contribution in [0.15, 0.2) is 48.8 Å². The fraction of sp³-hybridized carbons (Fsp3) is 0.200. The Hall–Kier alpha value is -2.36. The van der Waals surface area contributed by atoms with E-state index in [1.165, 1.54) is 0 Å². The second-order valence-electron chi connectivity index (χ2n) is 4.55. The zero-order valence-electron chi connectivity index (χ0n) is 10.6. The van der Waals surface area contributed by atoms with Gasteiger partial charge in [0.15, 0.2) is 0 Å².